The molecule has 3 amide bonds. The Labute approximate surface area is 174 Å². The second-order valence-electron chi connectivity index (χ2n) is 6.19. The third kappa shape index (κ3) is 4.83. The van der Waals surface area contributed by atoms with Gasteiger partial charge in [0.25, 0.3) is 5.56 Å². The summed E-state index contributed by atoms with van der Waals surface area (Å²) in [4.78, 5) is 41.4. The number of hydrogen-bond donors (Lipinski definition) is 2. The van der Waals surface area contributed by atoms with Crippen LogP contribution in [0.4, 0.5) is 9.18 Å². The van der Waals surface area contributed by atoms with Crippen LogP contribution in [-0.2, 0) is 11.8 Å². The molecular weight excluding hydrogens is 415 g/mol. The van der Waals surface area contributed by atoms with Crippen LogP contribution >= 0.6 is 23.1 Å². The average Bonchev–Trinajstić information content (AvgIpc) is 3.12. The molecule has 0 aliphatic heterocycles. The first-order valence-electron chi connectivity index (χ1n) is 8.85. The fraction of sp³-hybridized carbons (Fsp3) is 0.263. The van der Waals surface area contributed by atoms with Crippen LogP contribution < -0.4 is 16.2 Å². The number of thiophene rings is 1. The number of amides is 3. The lowest BCUT2D eigenvalue weighted by molar-refractivity contribution is -0.117. The summed E-state index contributed by atoms with van der Waals surface area (Å²) in [5.74, 6) is -0.877. The third-order valence-electron chi connectivity index (χ3n) is 4.05. The van der Waals surface area contributed by atoms with Crippen LogP contribution in [-0.4, -0.2) is 33.8 Å². The second kappa shape index (κ2) is 9.19. The van der Waals surface area contributed by atoms with Crippen molar-refractivity contribution in [2.75, 3.05) is 12.3 Å². The highest BCUT2D eigenvalue weighted by molar-refractivity contribution is 7.99. The normalized spacial score (nSPS) is 10.9. The number of hydrogen-bond acceptors (Lipinski definition) is 6. The average molecular weight is 435 g/mol. The van der Waals surface area contributed by atoms with E-state index in [2.05, 4.69) is 15.6 Å². The van der Waals surface area contributed by atoms with E-state index in [9.17, 15) is 18.8 Å². The van der Waals surface area contributed by atoms with Crippen molar-refractivity contribution in [1.29, 1.82) is 0 Å². The summed E-state index contributed by atoms with van der Waals surface area (Å²) in [6, 6.07) is 5.38. The van der Waals surface area contributed by atoms with Crippen molar-refractivity contribution in [3.05, 3.63) is 45.8 Å². The van der Waals surface area contributed by atoms with E-state index in [1.165, 1.54) is 28.0 Å². The van der Waals surface area contributed by atoms with E-state index < -0.39 is 11.9 Å². The van der Waals surface area contributed by atoms with Crippen LogP contribution in [0.25, 0.3) is 21.3 Å². The van der Waals surface area contributed by atoms with Gasteiger partial charge < -0.3 is 5.32 Å². The lowest BCUT2D eigenvalue weighted by atomic mass is 10.1. The van der Waals surface area contributed by atoms with Crippen molar-refractivity contribution < 1.29 is 14.0 Å². The first-order chi connectivity index (χ1) is 13.9. The minimum atomic E-state index is -0.544. The van der Waals surface area contributed by atoms with Crippen LogP contribution in [0.3, 0.4) is 0 Å². The highest BCUT2D eigenvalue weighted by Crippen LogP contribution is 2.32. The van der Waals surface area contributed by atoms with Gasteiger partial charge in [0.05, 0.1) is 11.1 Å². The van der Waals surface area contributed by atoms with Gasteiger partial charge in [0, 0.05) is 24.5 Å². The van der Waals surface area contributed by atoms with E-state index in [1.807, 2.05) is 12.3 Å². The van der Waals surface area contributed by atoms with Crippen molar-refractivity contribution in [1.82, 2.24) is 20.2 Å². The first kappa shape index (κ1) is 21.0. The second-order valence-corrected chi connectivity index (χ2v) is 7.99. The Kier molecular flexibility index (Phi) is 6.65. The monoisotopic (exact) mass is 434 g/mol. The highest BCUT2D eigenvalue weighted by Gasteiger charge is 2.17. The number of fused-ring (bicyclic) bond motifs is 1. The zero-order valence-corrected chi connectivity index (χ0v) is 17.5. The number of thioether (sulfide) groups is 1. The van der Waals surface area contributed by atoms with Crippen molar-refractivity contribution in [2.24, 2.45) is 7.05 Å². The molecule has 0 aliphatic rings. The molecule has 10 heteroatoms. The Balaban J connectivity index is 1.80. The number of nitrogens with one attached hydrogen (secondary N) is 2. The fourth-order valence-corrected chi connectivity index (χ4v) is 4.36. The van der Waals surface area contributed by atoms with Gasteiger partial charge in [-0.1, -0.05) is 30.8 Å². The summed E-state index contributed by atoms with van der Waals surface area (Å²) in [5, 5.41) is 7.43. The van der Waals surface area contributed by atoms with Gasteiger partial charge in [-0.25, -0.2) is 14.2 Å². The molecule has 1 aromatic carbocycles. The number of benzene rings is 1. The molecule has 0 unspecified atom stereocenters. The molecule has 0 saturated carbocycles. The largest absolute Gasteiger partial charge is 0.338 e. The molecule has 0 fully saturated rings. The number of rotatable bonds is 6. The topological polar surface area (TPSA) is 93.1 Å². The van der Waals surface area contributed by atoms with E-state index in [1.54, 1.807) is 19.2 Å². The molecule has 0 saturated heterocycles. The van der Waals surface area contributed by atoms with Crippen molar-refractivity contribution in [3.63, 3.8) is 0 Å². The van der Waals surface area contributed by atoms with Crippen LogP contribution in [0.15, 0.2) is 39.6 Å². The molecule has 0 radical (unpaired) electrons. The summed E-state index contributed by atoms with van der Waals surface area (Å²) in [6.45, 7) is 2.39. The maximum atomic E-state index is 13.2. The zero-order chi connectivity index (χ0) is 21.0. The Morgan fingerprint density at radius 2 is 2.00 bits per heavy atom. The maximum Gasteiger partial charge on any atom is 0.321 e. The summed E-state index contributed by atoms with van der Waals surface area (Å²) in [5.41, 5.74) is 1.17. The van der Waals surface area contributed by atoms with Gasteiger partial charge in [-0.2, -0.15) is 0 Å². The molecule has 0 aliphatic carbocycles. The maximum absolute atomic E-state index is 13.2. The van der Waals surface area contributed by atoms with Gasteiger partial charge in [-0.05, 0) is 24.1 Å². The Hall–Kier alpha value is -2.72. The van der Waals surface area contributed by atoms with Gasteiger partial charge >= 0.3 is 6.03 Å². The molecule has 3 rings (SSSR count). The Morgan fingerprint density at radius 1 is 1.28 bits per heavy atom. The molecule has 0 bridgehead atoms. The molecule has 3 aromatic rings. The first-order valence-corrected chi connectivity index (χ1v) is 10.7. The van der Waals surface area contributed by atoms with Crippen molar-refractivity contribution in [3.8, 4) is 11.1 Å². The van der Waals surface area contributed by atoms with E-state index in [4.69, 9.17) is 0 Å². The highest BCUT2D eigenvalue weighted by atomic mass is 32.2. The summed E-state index contributed by atoms with van der Waals surface area (Å²) >= 11 is 2.38. The van der Waals surface area contributed by atoms with Crippen LogP contribution in [0.2, 0.25) is 0 Å². The van der Waals surface area contributed by atoms with E-state index in [0.29, 0.717) is 27.5 Å². The lowest BCUT2D eigenvalue weighted by Gasteiger charge is -2.08. The van der Waals surface area contributed by atoms with Crippen molar-refractivity contribution >= 4 is 45.3 Å². The van der Waals surface area contributed by atoms with E-state index in [0.717, 1.165) is 23.7 Å². The molecule has 0 spiro atoms. The van der Waals surface area contributed by atoms with E-state index >= 15 is 0 Å². The minimum Gasteiger partial charge on any atom is -0.338 e. The smallest absolute Gasteiger partial charge is 0.321 e. The summed E-state index contributed by atoms with van der Waals surface area (Å²) in [7, 11) is 1.58. The predicted octanol–water partition coefficient (Wildman–Crippen LogP) is 3.13. The van der Waals surface area contributed by atoms with Gasteiger partial charge in [0.2, 0.25) is 5.91 Å². The SMILES string of the molecule is CCCNC(=O)NC(=O)CSc1nc2scc(-c3ccc(F)cc3)c2c(=O)n1C. The number of nitrogens with zero attached hydrogens (tertiary/aromatic N) is 2. The van der Waals surface area contributed by atoms with Crippen LogP contribution in [0.5, 0.6) is 0 Å². The molecule has 0 atom stereocenters. The van der Waals surface area contributed by atoms with Crippen LogP contribution in [0.1, 0.15) is 13.3 Å². The lowest BCUT2D eigenvalue weighted by Crippen LogP contribution is -2.40. The van der Waals surface area contributed by atoms with Crippen molar-refractivity contribution in [2.45, 2.75) is 18.5 Å². The molecule has 152 valence electrons. The number of carbonyl (C=O) groups excluding carboxylic acids is 2. The van der Waals surface area contributed by atoms with E-state index in [-0.39, 0.29) is 17.1 Å². The minimum absolute atomic E-state index is 0.0540. The number of aromatic nitrogens is 2. The van der Waals surface area contributed by atoms with Gasteiger partial charge in [0.15, 0.2) is 5.16 Å². The number of urea groups is 1. The number of imide groups is 1. The Morgan fingerprint density at radius 3 is 2.69 bits per heavy atom. The summed E-state index contributed by atoms with van der Waals surface area (Å²) < 4.78 is 14.6. The standard InChI is InChI=1S/C19H19FN4O3S2/c1-3-8-21-18(27)22-14(25)10-29-19-23-16-15(17(26)24(19)2)13(9-28-16)11-4-6-12(20)7-5-11/h4-7,9H,3,8,10H2,1-2H3,(H2,21,22,25,27). The summed E-state index contributed by atoms with van der Waals surface area (Å²) in [6.07, 6.45) is 0.767. The van der Waals surface area contributed by atoms with Gasteiger partial charge in [-0.3, -0.25) is 19.5 Å². The zero-order valence-electron chi connectivity index (χ0n) is 15.8. The molecule has 2 heterocycles. The third-order valence-corrected chi connectivity index (χ3v) is 5.95. The van der Waals surface area contributed by atoms with Gasteiger partial charge in [0.1, 0.15) is 10.6 Å². The van der Waals surface area contributed by atoms with Crippen LogP contribution in [0, 0.1) is 5.82 Å². The number of carbonyl (C=O) groups is 2. The Bertz CT molecular complexity index is 1110. The molecule has 2 aromatic heterocycles. The quantitative estimate of drug-likeness (QED) is 0.459. The predicted molar refractivity (Wildman–Crippen MR) is 113 cm³/mol. The molecule has 29 heavy (non-hydrogen) atoms. The molecular formula is C19H19FN4O3S2. The van der Waals surface area contributed by atoms with Gasteiger partial charge in [-0.15, -0.1) is 11.3 Å². The number of halogens is 1. The fourth-order valence-electron chi connectivity index (χ4n) is 2.60. The molecule has 2 N–H and O–H groups in total. The molecule has 7 nitrogen and oxygen atoms in total.